The molecule has 0 atom stereocenters. The molecule has 2 rings (SSSR count). The van der Waals surface area contributed by atoms with Gasteiger partial charge in [0, 0.05) is 28.7 Å². The van der Waals surface area contributed by atoms with Crippen LogP contribution in [0.15, 0.2) is 36.5 Å². The van der Waals surface area contributed by atoms with Gasteiger partial charge in [-0.3, -0.25) is 9.78 Å². The van der Waals surface area contributed by atoms with Gasteiger partial charge >= 0.3 is 0 Å². The lowest BCUT2D eigenvalue weighted by Gasteiger charge is -2.09. The molecule has 4 nitrogen and oxygen atoms in total. The van der Waals surface area contributed by atoms with Crippen LogP contribution in [0.25, 0.3) is 0 Å². The van der Waals surface area contributed by atoms with Crippen molar-refractivity contribution in [3.63, 3.8) is 0 Å². The summed E-state index contributed by atoms with van der Waals surface area (Å²) in [5, 5.41) is 11.6. The number of rotatable bonds is 2. The predicted molar refractivity (Wildman–Crippen MR) is 82.1 cm³/mol. The van der Waals surface area contributed by atoms with Crippen LogP contribution >= 0.6 is 0 Å². The topological polar surface area (TPSA) is 62.2 Å². The van der Waals surface area contributed by atoms with Gasteiger partial charge in [-0.2, -0.15) is 0 Å². The van der Waals surface area contributed by atoms with E-state index in [0.29, 0.717) is 11.3 Å². The summed E-state index contributed by atoms with van der Waals surface area (Å²) in [6, 6.07) is 8.94. The van der Waals surface area contributed by atoms with Crippen molar-refractivity contribution in [2.75, 3.05) is 11.9 Å². The number of aliphatic hydroxyl groups excluding tert-OH is 1. The van der Waals surface area contributed by atoms with E-state index < -0.39 is 0 Å². The number of nitrogens with one attached hydrogen (secondary N) is 1. The zero-order chi connectivity index (χ0) is 15.2. The van der Waals surface area contributed by atoms with Gasteiger partial charge in [-0.15, -0.1) is 0 Å². The summed E-state index contributed by atoms with van der Waals surface area (Å²) in [6.07, 6.45) is 1.61. The Balaban J connectivity index is 2.24. The number of nitrogens with zero attached hydrogens (tertiary/aromatic N) is 1. The molecular weight excluding hydrogens is 264 g/mol. The third-order valence-corrected chi connectivity index (χ3v) is 2.96. The van der Waals surface area contributed by atoms with Crippen molar-refractivity contribution in [3.05, 3.63) is 58.9 Å². The molecule has 0 radical (unpaired) electrons. The summed E-state index contributed by atoms with van der Waals surface area (Å²) in [5.74, 6) is 5.23. The van der Waals surface area contributed by atoms with Gasteiger partial charge in [0.1, 0.15) is 6.61 Å². The van der Waals surface area contributed by atoms with E-state index in [-0.39, 0.29) is 12.5 Å². The number of pyridine rings is 1. The molecule has 0 fully saturated rings. The molecule has 1 amide bonds. The van der Waals surface area contributed by atoms with Gasteiger partial charge in [-0.25, -0.2) is 0 Å². The average molecular weight is 280 g/mol. The first-order valence-corrected chi connectivity index (χ1v) is 6.54. The summed E-state index contributed by atoms with van der Waals surface area (Å²) in [5.41, 5.74) is 3.76. The summed E-state index contributed by atoms with van der Waals surface area (Å²) < 4.78 is 0. The van der Waals surface area contributed by atoms with E-state index in [2.05, 4.69) is 22.1 Å². The predicted octanol–water partition coefficient (Wildman–Crippen LogP) is 2.29. The van der Waals surface area contributed by atoms with E-state index in [1.54, 1.807) is 24.4 Å². The molecular formula is C17H16N2O2. The van der Waals surface area contributed by atoms with Crippen LogP contribution < -0.4 is 5.32 Å². The minimum absolute atomic E-state index is 0.184. The molecule has 1 heterocycles. The zero-order valence-corrected chi connectivity index (χ0v) is 12.0. The first kappa shape index (κ1) is 14.8. The lowest BCUT2D eigenvalue weighted by Crippen LogP contribution is -2.13. The second-order valence-electron chi connectivity index (χ2n) is 4.63. The second-order valence-corrected chi connectivity index (χ2v) is 4.63. The Bertz CT molecular complexity index is 727. The van der Waals surface area contributed by atoms with Crippen LogP contribution in [-0.4, -0.2) is 22.6 Å². The SMILES string of the molecule is Cc1cc(C(=O)Nc2cc(C#CCO)ccc2C)ccn1. The number of aromatic nitrogens is 1. The number of carbonyl (C=O) groups is 1. The van der Waals surface area contributed by atoms with Crippen molar-refractivity contribution >= 4 is 11.6 Å². The second kappa shape index (κ2) is 6.69. The average Bonchev–Trinajstić information content (AvgIpc) is 2.48. The van der Waals surface area contributed by atoms with Crippen molar-refractivity contribution in [3.8, 4) is 11.8 Å². The molecule has 0 unspecified atom stereocenters. The van der Waals surface area contributed by atoms with E-state index in [1.165, 1.54) is 0 Å². The maximum Gasteiger partial charge on any atom is 0.255 e. The molecule has 0 aliphatic rings. The van der Waals surface area contributed by atoms with E-state index in [4.69, 9.17) is 5.11 Å². The Morgan fingerprint density at radius 3 is 2.81 bits per heavy atom. The lowest BCUT2D eigenvalue weighted by atomic mass is 10.1. The number of hydrogen-bond acceptors (Lipinski definition) is 3. The highest BCUT2D eigenvalue weighted by Gasteiger charge is 2.08. The van der Waals surface area contributed by atoms with Gasteiger partial charge in [-0.05, 0) is 43.7 Å². The minimum atomic E-state index is -0.189. The lowest BCUT2D eigenvalue weighted by molar-refractivity contribution is 0.102. The normalized spacial score (nSPS) is 9.67. The highest BCUT2D eigenvalue weighted by Crippen LogP contribution is 2.17. The van der Waals surface area contributed by atoms with Crippen molar-refractivity contribution in [1.82, 2.24) is 4.98 Å². The standard InChI is InChI=1S/C17H16N2O2/c1-12-5-6-14(4-3-9-20)11-16(12)19-17(21)15-7-8-18-13(2)10-15/h5-8,10-11,20H,9H2,1-2H3,(H,19,21). The molecule has 21 heavy (non-hydrogen) atoms. The minimum Gasteiger partial charge on any atom is -0.384 e. The molecule has 1 aromatic heterocycles. The molecule has 106 valence electrons. The summed E-state index contributed by atoms with van der Waals surface area (Å²) in [6.45, 7) is 3.57. The molecule has 2 aromatic rings. The quantitative estimate of drug-likeness (QED) is 0.830. The van der Waals surface area contributed by atoms with E-state index in [1.807, 2.05) is 26.0 Å². The number of carbonyl (C=O) groups excluding carboxylic acids is 1. The van der Waals surface area contributed by atoms with Crippen molar-refractivity contribution < 1.29 is 9.90 Å². The van der Waals surface area contributed by atoms with Gasteiger partial charge < -0.3 is 10.4 Å². The van der Waals surface area contributed by atoms with E-state index in [9.17, 15) is 4.79 Å². The number of benzene rings is 1. The molecule has 0 saturated carbocycles. The number of hydrogen-bond donors (Lipinski definition) is 2. The first-order chi connectivity index (χ1) is 10.1. The number of aliphatic hydroxyl groups is 1. The molecule has 0 spiro atoms. The molecule has 0 bridgehead atoms. The Labute approximate surface area is 123 Å². The van der Waals surface area contributed by atoms with E-state index >= 15 is 0 Å². The molecule has 0 aliphatic heterocycles. The Kier molecular flexibility index (Phi) is 4.70. The molecule has 1 aromatic carbocycles. The maximum atomic E-state index is 12.2. The van der Waals surface area contributed by atoms with Crippen LogP contribution in [-0.2, 0) is 0 Å². The summed E-state index contributed by atoms with van der Waals surface area (Å²) in [4.78, 5) is 16.3. The van der Waals surface area contributed by atoms with Crippen LogP contribution in [0, 0.1) is 25.7 Å². The highest BCUT2D eigenvalue weighted by atomic mass is 16.2. The van der Waals surface area contributed by atoms with Crippen molar-refractivity contribution in [2.24, 2.45) is 0 Å². The van der Waals surface area contributed by atoms with Crippen LogP contribution in [0.3, 0.4) is 0 Å². The third-order valence-electron chi connectivity index (χ3n) is 2.96. The monoisotopic (exact) mass is 280 g/mol. The fourth-order valence-corrected chi connectivity index (χ4v) is 1.86. The zero-order valence-electron chi connectivity index (χ0n) is 12.0. The smallest absolute Gasteiger partial charge is 0.255 e. The molecule has 2 N–H and O–H groups in total. The van der Waals surface area contributed by atoms with Crippen LogP contribution in [0.2, 0.25) is 0 Å². The fraction of sp³-hybridized carbons (Fsp3) is 0.176. The van der Waals surface area contributed by atoms with Gasteiger partial charge in [0.15, 0.2) is 0 Å². The maximum absolute atomic E-state index is 12.2. The summed E-state index contributed by atoms with van der Waals surface area (Å²) >= 11 is 0. The van der Waals surface area contributed by atoms with Crippen molar-refractivity contribution in [1.29, 1.82) is 0 Å². The molecule has 0 saturated heterocycles. The number of anilines is 1. The van der Waals surface area contributed by atoms with E-state index in [0.717, 1.165) is 16.8 Å². The molecule has 4 heteroatoms. The summed E-state index contributed by atoms with van der Waals surface area (Å²) in [7, 11) is 0. The Morgan fingerprint density at radius 2 is 2.10 bits per heavy atom. The molecule has 0 aliphatic carbocycles. The largest absolute Gasteiger partial charge is 0.384 e. The van der Waals surface area contributed by atoms with Gasteiger partial charge in [0.25, 0.3) is 5.91 Å². The van der Waals surface area contributed by atoms with Gasteiger partial charge in [0.2, 0.25) is 0 Å². The van der Waals surface area contributed by atoms with Gasteiger partial charge in [0.05, 0.1) is 0 Å². The van der Waals surface area contributed by atoms with Crippen LogP contribution in [0.5, 0.6) is 0 Å². The highest BCUT2D eigenvalue weighted by molar-refractivity contribution is 6.04. The fourth-order valence-electron chi connectivity index (χ4n) is 1.86. The van der Waals surface area contributed by atoms with Crippen LogP contribution in [0.4, 0.5) is 5.69 Å². The van der Waals surface area contributed by atoms with Crippen LogP contribution in [0.1, 0.15) is 27.2 Å². The van der Waals surface area contributed by atoms with Gasteiger partial charge in [-0.1, -0.05) is 17.9 Å². The number of amides is 1. The third kappa shape index (κ3) is 3.91. The van der Waals surface area contributed by atoms with Crippen molar-refractivity contribution in [2.45, 2.75) is 13.8 Å². The first-order valence-electron chi connectivity index (χ1n) is 6.54. The Morgan fingerprint density at radius 1 is 1.29 bits per heavy atom. The number of aryl methyl sites for hydroxylation is 2. The Hall–Kier alpha value is -2.64.